The largest absolute Gasteiger partial charge is 0.391 e. The molecule has 152 valence electrons. The molecule has 0 saturated carbocycles. The minimum Gasteiger partial charge on any atom is -0.391 e. The van der Waals surface area contributed by atoms with Crippen LogP contribution >= 0.6 is 0 Å². The Balaban J connectivity index is 0.000000161. The van der Waals surface area contributed by atoms with Crippen molar-refractivity contribution in [2.75, 3.05) is 26.2 Å². The van der Waals surface area contributed by atoms with Crippen LogP contribution in [0.1, 0.15) is 25.0 Å². The fraction of sp³-hybridized carbons (Fsp3) is 0.500. The topological polar surface area (TPSA) is 46.9 Å². The number of rotatable bonds is 4. The predicted molar refractivity (Wildman–Crippen MR) is 114 cm³/mol. The monoisotopic (exact) mass is 382 g/mol. The van der Waals surface area contributed by atoms with Gasteiger partial charge in [0.15, 0.2) is 0 Å². The molecule has 4 rings (SSSR count). The van der Waals surface area contributed by atoms with E-state index in [-0.39, 0.29) is 12.2 Å². The molecule has 0 bridgehead atoms. The van der Waals surface area contributed by atoms with Gasteiger partial charge < -0.3 is 10.2 Å². The van der Waals surface area contributed by atoms with Crippen molar-refractivity contribution in [1.29, 1.82) is 0 Å². The smallest absolute Gasteiger partial charge is 0.0704 e. The summed E-state index contributed by atoms with van der Waals surface area (Å²) in [5.74, 6) is 0.831. The highest BCUT2D eigenvalue weighted by Crippen LogP contribution is 2.19. The maximum atomic E-state index is 9.60. The molecular weight excluding hydrogens is 348 g/mol. The molecule has 0 aliphatic carbocycles. The Morgan fingerprint density at radius 2 is 1.00 bits per heavy atom. The molecule has 28 heavy (non-hydrogen) atoms. The van der Waals surface area contributed by atoms with E-state index in [1.165, 1.54) is 11.1 Å². The third-order valence-corrected chi connectivity index (χ3v) is 5.79. The zero-order valence-electron chi connectivity index (χ0n) is 17.1. The van der Waals surface area contributed by atoms with Gasteiger partial charge in [-0.3, -0.25) is 9.80 Å². The van der Waals surface area contributed by atoms with Crippen molar-refractivity contribution >= 4 is 0 Å². The van der Waals surface area contributed by atoms with E-state index in [9.17, 15) is 10.2 Å². The Kier molecular flexibility index (Phi) is 7.63. The van der Waals surface area contributed by atoms with E-state index < -0.39 is 0 Å². The number of hydrogen-bond donors (Lipinski definition) is 2. The summed E-state index contributed by atoms with van der Waals surface area (Å²) in [4.78, 5) is 4.62. The number of aliphatic hydroxyl groups excluding tert-OH is 2. The molecule has 0 radical (unpaired) electrons. The van der Waals surface area contributed by atoms with Gasteiger partial charge in [-0.05, 0) is 23.0 Å². The van der Waals surface area contributed by atoms with Crippen LogP contribution in [0.25, 0.3) is 0 Å². The first-order chi connectivity index (χ1) is 13.5. The van der Waals surface area contributed by atoms with Gasteiger partial charge in [-0.15, -0.1) is 0 Å². The highest BCUT2D eigenvalue weighted by molar-refractivity contribution is 5.15. The zero-order chi connectivity index (χ0) is 19.9. The molecule has 2 aliphatic rings. The summed E-state index contributed by atoms with van der Waals surface area (Å²) < 4.78 is 0. The maximum absolute atomic E-state index is 9.60. The van der Waals surface area contributed by atoms with Gasteiger partial charge in [-0.1, -0.05) is 74.5 Å². The van der Waals surface area contributed by atoms with E-state index in [1.807, 2.05) is 12.1 Å². The van der Waals surface area contributed by atoms with Crippen LogP contribution in [0.3, 0.4) is 0 Å². The predicted octanol–water partition coefficient (Wildman–Crippen LogP) is 3.00. The molecule has 2 N–H and O–H groups in total. The van der Waals surface area contributed by atoms with E-state index >= 15 is 0 Å². The Morgan fingerprint density at radius 3 is 1.29 bits per heavy atom. The van der Waals surface area contributed by atoms with Crippen LogP contribution in [0.4, 0.5) is 0 Å². The fourth-order valence-electron chi connectivity index (χ4n) is 4.04. The lowest BCUT2D eigenvalue weighted by Crippen LogP contribution is -2.21. The standard InChI is InChI=1S/2C12H17NO/c2*1-10-7-13(9-12(10)14)8-11-5-3-2-4-6-11/h2*2-6,10,12,14H,7-9H2,1H3/t2*10-,12-/m10/s1. The maximum Gasteiger partial charge on any atom is 0.0704 e. The summed E-state index contributed by atoms with van der Waals surface area (Å²) in [5, 5.41) is 19.2. The van der Waals surface area contributed by atoms with Gasteiger partial charge in [0, 0.05) is 39.3 Å². The molecule has 2 aromatic rings. The number of benzene rings is 2. The summed E-state index contributed by atoms with van der Waals surface area (Å²) >= 11 is 0. The van der Waals surface area contributed by atoms with Crippen LogP contribution in [0.2, 0.25) is 0 Å². The number of β-amino-alcohol motifs (C(OH)–C–C–N with tert-alkyl or cyclic N) is 2. The quantitative estimate of drug-likeness (QED) is 0.853. The Hall–Kier alpha value is -1.72. The summed E-state index contributed by atoms with van der Waals surface area (Å²) in [7, 11) is 0. The van der Waals surface area contributed by atoms with Crippen molar-refractivity contribution in [3.63, 3.8) is 0 Å². The number of aliphatic hydroxyl groups is 2. The van der Waals surface area contributed by atoms with E-state index in [4.69, 9.17) is 0 Å². The highest BCUT2D eigenvalue weighted by atomic mass is 16.3. The van der Waals surface area contributed by atoms with E-state index in [0.29, 0.717) is 11.8 Å². The Bertz CT molecular complexity index is 613. The van der Waals surface area contributed by atoms with Gasteiger partial charge in [0.1, 0.15) is 0 Å². The molecule has 0 amide bonds. The van der Waals surface area contributed by atoms with Crippen molar-refractivity contribution in [2.24, 2.45) is 11.8 Å². The fourth-order valence-corrected chi connectivity index (χ4v) is 4.04. The van der Waals surface area contributed by atoms with Gasteiger partial charge in [0.2, 0.25) is 0 Å². The van der Waals surface area contributed by atoms with Gasteiger partial charge in [-0.25, -0.2) is 0 Å². The second-order valence-electron chi connectivity index (χ2n) is 8.45. The van der Waals surface area contributed by atoms with Crippen molar-refractivity contribution in [3.05, 3.63) is 71.8 Å². The number of nitrogens with zero attached hydrogens (tertiary/aromatic N) is 2. The molecule has 4 nitrogen and oxygen atoms in total. The third-order valence-electron chi connectivity index (χ3n) is 5.79. The molecule has 2 aliphatic heterocycles. The molecule has 2 saturated heterocycles. The van der Waals surface area contributed by atoms with Crippen LogP contribution in [-0.4, -0.2) is 58.4 Å². The Morgan fingerprint density at radius 1 is 0.643 bits per heavy atom. The van der Waals surface area contributed by atoms with Crippen LogP contribution in [0.5, 0.6) is 0 Å². The summed E-state index contributed by atoms with van der Waals surface area (Å²) in [6, 6.07) is 20.8. The SMILES string of the molecule is C[C@@H]1CN(Cc2ccccc2)C[C@H]1O.C[C@H]1CN(Cc2ccccc2)C[C@@H]1O. The van der Waals surface area contributed by atoms with Gasteiger partial charge in [-0.2, -0.15) is 0 Å². The lowest BCUT2D eigenvalue weighted by Gasteiger charge is -2.14. The van der Waals surface area contributed by atoms with Crippen LogP contribution in [-0.2, 0) is 13.1 Å². The van der Waals surface area contributed by atoms with E-state index in [1.54, 1.807) is 0 Å². The minimum absolute atomic E-state index is 0.140. The van der Waals surface area contributed by atoms with Crippen molar-refractivity contribution < 1.29 is 10.2 Å². The molecule has 0 unspecified atom stereocenters. The summed E-state index contributed by atoms with van der Waals surface area (Å²) in [5.41, 5.74) is 2.66. The molecule has 2 aromatic carbocycles. The third kappa shape index (κ3) is 6.14. The second-order valence-corrected chi connectivity index (χ2v) is 8.45. The second kappa shape index (κ2) is 10.2. The Labute approximate surface area is 169 Å². The van der Waals surface area contributed by atoms with E-state index in [0.717, 1.165) is 39.3 Å². The average molecular weight is 383 g/mol. The molecule has 2 fully saturated rings. The molecule has 2 heterocycles. The van der Waals surface area contributed by atoms with Crippen LogP contribution in [0, 0.1) is 11.8 Å². The first kappa shape index (κ1) is 21.0. The first-order valence-electron chi connectivity index (χ1n) is 10.4. The van der Waals surface area contributed by atoms with Crippen LogP contribution < -0.4 is 0 Å². The first-order valence-corrected chi connectivity index (χ1v) is 10.4. The number of likely N-dealkylation sites (tertiary alicyclic amines) is 2. The van der Waals surface area contributed by atoms with Crippen LogP contribution in [0.15, 0.2) is 60.7 Å². The van der Waals surface area contributed by atoms with Gasteiger partial charge >= 0.3 is 0 Å². The minimum atomic E-state index is -0.140. The molecular formula is C24H34N2O2. The lowest BCUT2D eigenvalue weighted by atomic mass is 10.1. The molecule has 0 spiro atoms. The van der Waals surface area contributed by atoms with Crippen molar-refractivity contribution in [3.8, 4) is 0 Å². The molecule has 4 atom stereocenters. The van der Waals surface area contributed by atoms with E-state index in [2.05, 4.69) is 72.2 Å². The van der Waals surface area contributed by atoms with Gasteiger partial charge in [0.05, 0.1) is 12.2 Å². The average Bonchev–Trinajstić information content (AvgIpc) is 3.17. The summed E-state index contributed by atoms with van der Waals surface area (Å²) in [6.07, 6.45) is -0.280. The zero-order valence-corrected chi connectivity index (χ0v) is 17.1. The van der Waals surface area contributed by atoms with Crippen molar-refractivity contribution in [2.45, 2.75) is 39.1 Å². The highest BCUT2D eigenvalue weighted by Gasteiger charge is 2.28. The molecule has 4 heteroatoms. The number of hydrogen-bond acceptors (Lipinski definition) is 4. The molecule has 0 aromatic heterocycles. The normalized spacial score (nSPS) is 28.1. The van der Waals surface area contributed by atoms with Gasteiger partial charge in [0.25, 0.3) is 0 Å². The van der Waals surface area contributed by atoms with Crippen molar-refractivity contribution in [1.82, 2.24) is 9.80 Å². The lowest BCUT2D eigenvalue weighted by molar-refractivity contribution is 0.147. The summed E-state index contributed by atoms with van der Waals surface area (Å²) in [6.45, 7) is 9.79.